The number of Topliss-reactive ketones (excluding diaryl/α,β-unsaturated/α-hetero) is 1. The number of piperidine rings is 1. The van der Waals surface area contributed by atoms with Gasteiger partial charge in [-0.25, -0.2) is 0 Å². The molecule has 1 unspecified atom stereocenters. The second-order valence-corrected chi connectivity index (χ2v) is 6.12. The maximum atomic E-state index is 12.2. The molecular weight excluding hydrogens is 313 g/mol. The highest BCUT2D eigenvalue weighted by Crippen LogP contribution is 2.23. The summed E-state index contributed by atoms with van der Waals surface area (Å²) in [6, 6.07) is 4.82. The van der Waals surface area contributed by atoms with E-state index in [1.807, 2.05) is 4.90 Å². The summed E-state index contributed by atoms with van der Waals surface area (Å²) < 4.78 is 0. The number of rotatable bonds is 5. The Morgan fingerprint density at radius 2 is 2.10 bits per heavy atom. The molecule has 0 saturated carbocycles. The molecule has 0 spiro atoms. The van der Waals surface area contributed by atoms with Crippen molar-refractivity contribution >= 4 is 35.0 Å². The van der Waals surface area contributed by atoms with Crippen molar-refractivity contribution in [3.8, 4) is 0 Å². The Morgan fingerprint density at radius 1 is 1.33 bits per heavy atom. The molecule has 1 aliphatic rings. The van der Waals surface area contributed by atoms with E-state index in [1.54, 1.807) is 18.2 Å². The lowest BCUT2D eigenvalue weighted by Gasteiger charge is -2.30. The van der Waals surface area contributed by atoms with E-state index in [2.05, 4.69) is 0 Å². The van der Waals surface area contributed by atoms with Gasteiger partial charge < -0.3 is 10.0 Å². The van der Waals surface area contributed by atoms with Crippen LogP contribution in [0.3, 0.4) is 0 Å². The molecule has 0 aliphatic carbocycles. The number of benzene rings is 1. The van der Waals surface area contributed by atoms with Crippen LogP contribution in [0.25, 0.3) is 0 Å². The van der Waals surface area contributed by atoms with Crippen LogP contribution in [0.4, 0.5) is 0 Å². The smallest absolute Gasteiger partial charge is 0.307 e. The summed E-state index contributed by atoms with van der Waals surface area (Å²) in [6.45, 7) is 1.89. The van der Waals surface area contributed by atoms with Crippen LogP contribution < -0.4 is 0 Å². The van der Waals surface area contributed by atoms with Gasteiger partial charge in [0.1, 0.15) is 0 Å². The van der Waals surface area contributed by atoms with Crippen molar-refractivity contribution in [1.82, 2.24) is 4.90 Å². The van der Waals surface area contributed by atoms with Gasteiger partial charge in [-0.1, -0.05) is 23.2 Å². The molecule has 0 amide bonds. The zero-order chi connectivity index (χ0) is 15.4. The summed E-state index contributed by atoms with van der Waals surface area (Å²) in [4.78, 5) is 25.2. The molecule has 1 N–H and O–H groups in total. The molecule has 1 saturated heterocycles. The molecule has 1 aromatic rings. The Morgan fingerprint density at radius 3 is 2.81 bits per heavy atom. The summed E-state index contributed by atoms with van der Waals surface area (Å²) >= 11 is 11.9. The molecule has 0 radical (unpaired) electrons. The Labute approximate surface area is 133 Å². The summed E-state index contributed by atoms with van der Waals surface area (Å²) in [5.74, 6) is -1.16. The number of carbonyl (C=O) groups is 2. The van der Waals surface area contributed by atoms with Gasteiger partial charge in [-0.15, -0.1) is 0 Å². The molecule has 0 bridgehead atoms. The fourth-order valence-electron chi connectivity index (χ4n) is 2.57. The van der Waals surface area contributed by atoms with Crippen LogP contribution in [0.1, 0.15) is 29.6 Å². The Kier molecular flexibility index (Phi) is 5.62. The van der Waals surface area contributed by atoms with Crippen LogP contribution in [0.15, 0.2) is 18.2 Å². The van der Waals surface area contributed by atoms with Gasteiger partial charge in [-0.3, -0.25) is 9.59 Å². The number of carboxylic acid groups (broad SMARTS) is 1. The van der Waals surface area contributed by atoms with Crippen molar-refractivity contribution in [3.05, 3.63) is 33.8 Å². The van der Waals surface area contributed by atoms with E-state index in [-0.39, 0.29) is 11.7 Å². The predicted octanol–water partition coefficient (Wildman–Crippen LogP) is 3.36. The molecular formula is C15H17Cl2NO3. The second kappa shape index (κ2) is 7.25. The minimum Gasteiger partial charge on any atom is -0.481 e. The minimum atomic E-state index is -0.760. The lowest BCUT2D eigenvalue weighted by atomic mass is 9.98. The number of carboxylic acids is 1. The average Bonchev–Trinajstić information content (AvgIpc) is 2.47. The minimum absolute atomic E-state index is 0.0695. The highest BCUT2D eigenvalue weighted by molar-refractivity contribution is 6.35. The summed E-state index contributed by atoms with van der Waals surface area (Å²) in [6.07, 6.45) is 1.87. The topological polar surface area (TPSA) is 57.6 Å². The maximum Gasteiger partial charge on any atom is 0.307 e. The molecule has 1 heterocycles. The van der Waals surface area contributed by atoms with Crippen molar-refractivity contribution in [2.45, 2.75) is 19.3 Å². The van der Waals surface area contributed by atoms with Crippen molar-refractivity contribution in [1.29, 1.82) is 0 Å². The number of hydrogen-bond donors (Lipinski definition) is 1. The SMILES string of the molecule is O=C(CCN1CCCC(C(=O)O)C1)c1cc(Cl)ccc1Cl. The summed E-state index contributed by atoms with van der Waals surface area (Å²) in [5, 5.41) is 9.93. The van der Waals surface area contributed by atoms with E-state index in [0.717, 1.165) is 13.0 Å². The Bertz CT molecular complexity index is 548. The first-order chi connectivity index (χ1) is 9.97. The van der Waals surface area contributed by atoms with Gasteiger partial charge in [0.05, 0.1) is 10.9 Å². The quantitative estimate of drug-likeness (QED) is 0.841. The number of nitrogens with zero attached hydrogens (tertiary/aromatic N) is 1. The summed E-state index contributed by atoms with van der Waals surface area (Å²) in [7, 11) is 0. The fourth-order valence-corrected chi connectivity index (χ4v) is 2.96. The molecule has 1 aliphatic heterocycles. The van der Waals surface area contributed by atoms with E-state index in [9.17, 15) is 9.59 Å². The third-order valence-corrected chi connectivity index (χ3v) is 4.30. The molecule has 114 valence electrons. The van der Waals surface area contributed by atoms with Crippen LogP contribution in [0.2, 0.25) is 10.0 Å². The van der Waals surface area contributed by atoms with Crippen molar-refractivity contribution in [3.63, 3.8) is 0 Å². The van der Waals surface area contributed by atoms with E-state index in [1.165, 1.54) is 0 Å². The first kappa shape index (κ1) is 16.3. The van der Waals surface area contributed by atoms with Crippen molar-refractivity contribution in [2.24, 2.45) is 5.92 Å². The number of ketones is 1. The number of hydrogen-bond acceptors (Lipinski definition) is 3. The van der Waals surface area contributed by atoms with Gasteiger partial charge in [-0.2, -0.15) is 0 Å². The molecule has 21 heavy (non-hydrogen) atoms. The molecule has 6 heteroatoms. The Hall–Kier alpha value is -1.10. The zero-order valence-corrected chi connectivity index (χ0v) is 13.0. The van der Waals surface area contributed by atoms with Gasteiger partial charge >= 0.3 is 5.97 Å². The second-order valence-electron chi connectivity index (χ2n) is 5.28. The van der Waals surface area contributed by atoms with Gasteiger partial charge in [0.15, 0.2) is 5.78 Å². The molecule has 2 rings (SSSR count). The predicted molar refractivity (Wildman–Crippen MR) is 82.2 cm³/mol. The van der Waals surface area contributed by atoms with Crippen LogP contribution in [0, 0.1) is 5.92 Å². The van der Waals surface area contributed by atoms with Gasteiger partial charge in [0.2, 0.25) is 0 Å². The largest absolute Gasteiger partial charge is 0.481 e. The van der Waals surface area contributed by atoms with Crippen molar-refractivity contribution in [2.75, 3.05) is 19.6 Å². The lowest BCUT2D eigenvalue weighted by Crippen LogP contribution is -2.39. The highest BCUT2D eigenvalue weighted by Gasteiger charge is 2.25. The van der Waals surface area contributed by atoms with Crippen LogP contribution in [-0.4, -0.2) is 41.4 Å². The number of carbonyl (C=O) groups excluding carboxylic acids is 1. The zero-order valence-electron chi connectivity index (χ0n) is 11.5. The standard InChI is InChI=1S/C15H17Cl2NO3/c16-11-3-4-13(17)12(8-11)14(19)5-7-18-6-1-2-10(9-18)15(20)21/h3-4,8,10H,1-2,5-7,9H2,(H,20,21). The first-order valence-electron chi connectivity index (χ1n) is 6.91. The van der Waals surface area contributed by atoms with E-state index in [0.29, 0.717) is 41.5 Å². The first-order valence-corrected chi connectivity index (χ1v) is 7.66. The van der Waals surface area contributed by atoms with E-state index < -0.39 is 5.97 Å². The molecule has 1 atom stereocenters. The molecule has 1 fully saturated rings. The van der Waals surface area contributed by atoms with E-state index >= 15 is 0 Å². The molecule has 1 aromatic carbocycles. The van der Waals surface area contributed by atoms with Gasteiger partial charge in [-0.05, 0) is 37.6 Å². The monoisotopic (exact) mass is 329 g/mol. The normalized spacial score (nSPS) is 19.4. The fraction of sp³-hybridized carbons (Fsp3) is 0.467. The lowest BCUT2D eigenvalue weighted by molar-refractivity contribution is -0.143. The highest BCUT2D eigenvalue weighted by atomic mass is 35.5. The average molecular weight is 330 g/mol. The maximum absolute atomic E-state index is 12.2. The molecule has 4 nitrogen and oxygen atoms in total. The van der Waals surface area contributed by atoms with Crippen LogP contribution in [-0.2, 0) is 4.79 Å². The molecule has 0 aromatic heterocycles. The van der Waals surface area contributed by atoms with Gasteiger partial charge in [0, 0.05) is 30.1 Å². The van der Waals surface area contributed by atoms with Crippen LogP contribution in [0.5, 0.6) is 0 Å². The Balaban J connectivity index is 1.92. The third kappa shape index (κ3) is 4.43. The number of halogens is 2. The van der Waals surface area contributed by atoms with Crippen molar-refractivity contribution < 1.29 is 14.7 Å². The third-order valence-electron chi connectivity index (χ3n) is 3.74. The van der Waals surface area contributed by atoms with E-state index in [4.69, 9.17) is 28.3 Å². The number of likely N-dealkylation sites (tertiary alicyclic amines) is 1. The number of aliphatic carboxylic acids is 1. The summed E-state index contributed by atoms with van der Waals surface area (Å²) in [5.41, 5.74) is 0.427. The van der Waals surface area contributed by atoms with Gasteiger partial charge in [0.25, 0.3) is 0 Å². The van der Waals surface area contributed by atoms with Crippen LogP contribution >= 0.6 is 23.2 Å².